The SMILES string of the molecule is CNS(=O)(=O)c1ccc(Nc2ncc3c(n2)N([C@@H]2CCC[C@H]2C)C(=O)C32CC2)cc1. The molecule has 2 saturated carbocycles. The van der Waals surface area contributed by atoms with Crippen LogP contribution in [0.3, 0.4) is 0 Å². The van der Waals surface area contributed by atoms with Crippen molar-refractivity contribution in [3.8, 4) is 0 Å². The Morgan fingerprint density at radius 1 is 1.17 bits per heavy atom. The van der Waals surface area contributed by atoms with Crippen LogP contribution in [0.4, 0.5) is 17.5 Å². The van der Waals surface area contributed by atoms with E-state index >= 15 is 0 Å². The Kier molecular flexibility index (Phi) is 4.37. The number of nitrogens with one attached hydrogen (secondary N) is 2. The molecule has 2 N–H and O–H groups in total. The second-order valence-electron chi connectivity index (χ2n) is 8.52. The van der Waals surface area contributed by atoms with Gasteiger partial charge in [0.25, 0.3) is 0 Å². The molecule has 0 saturated heterocycles. The molecule has 2 heterocycles. The van der Waals surface area contributed by atoms with E-state index < -0.39 is 15.4 Å². The van der Waals surface area contributed by atoms with Crippen molar-refractivity contribution < 1.29 is 13.2 Å². The molecule has 1 amide bonds. The van der Waals surface area contributed by atoms with Crippen LogP contribution in [0.15, 0.2) is 35.4 Å². The molecular formula is C21H25N5O3S. The monoisotopic (exact) mass is 427 g/mol. The zero-order valence-electron chi connectivity index (χ0n) is 17.1. The Bertz CT molecular complexity index is 1110. The quantitative estimate of drug-likeness (QED) is 0.760. The largest absolute Gasteiger partial charge is 0.324 e. The molecule has 2 atom stereocenters. The van der Waals surface area contributed by atoms with E-state index in [0.717, 1.165) is 43.5 Å². The number of nitrogens with zero attached hydrogens (tertiary/aromatic N) is 3. The molecule has 1 spiro atoms. The van der Waals surface area contributed by atoms with Crippen LogP contribution < -0.4 is 14.9 Å². The van der Waals surface area contributed by atoms with Crippen molar-refractivity contribution in [1.82, 2.24) is 14.7 Å². The maximum absolute atomic E-state index is 13.3. The van der Waals surface area contributed by atoms with Gasteiger partial charge < -0.3 is 5.32 Å². The van der Waals surface area contributed by atoms with Gasteiger partial charge in [0.15, 0.2) is 0 Å². The lowest BCUT2D eigenvalue weighted by Gasteiger charge is -2.28. The van der Waals surface area contributed by atoms with E-state index in [0.29, 0.717) is 17.6 Å². The number of anilines is 3. The van der Waals surface area contributed by atoms with Crippen LogP contribution in [-0.2, 0) is 20.2 Å². The number of hydrogen-bond acceptors (Lipinski definition) is 6. The normalized spacial score (nSPS) is 24.3. The van der Waals surface area contributed by atoms with Crippen molar-refractivity contribution in [2.45, 2.75) is 55.4 Å². The fourth-order valence-electron chi connectivity index (χ4n) is 4.79. The van der Waals surface area contributed by atoms with E-state index in [1.165, 1.54) is 19.2 Å². The summed E-state index contributed by atoms with van der Waals surface area (Å²) in [6.45, 7) is 2.21. The zero-order chi connectivity index (χ0) is 21.1. The topological polar surface area (TPSA) is 104 Å². The third-order valence-electron chi connectivity index (χ3n) is 6.73. The van der Waals surface area contributed by atoms with Crippen molar-refractivity contribution in [2.75, 3.05) is 17.3 Å². The molecule has 3 aliphatic rings. The molecule has 1 aromatic carbocycles. The fraction of sp³-hybridized carbons (Fsp3) is 0.476. The number of fused-ring (bicyclic) bond motifs is 2. The number of aromatic nitrogens is 2. The first kappa shape index (κ1) is 19.4. The standard InChI is InChI=1S/C21H25N5O3S/c1-13-4-3-5-17(13)26-18-16(21(10-11-21)19(26)27)12-23-20(25-18)24-14-6-8-15(9-7-14)30(28,29)22-2/h6-9,12-13,17,22H,3-5,10-11H2,1-2H3,(H,23,24,25)/t13-,17-/m1/s1. The van der Waals surface area contributed by atoms with Gasteiger partial charge in [0.1, 0.15) is 5.82 Å². The molecule has 2 fully saturated rings. The number of hydrogen-bond donors (Lipinski definition) is 2. The molecule has 0 unspecified atom stereocenters. The van der Waals surface area contributed by atoms with Crippen LogP contribution in [0.1, 0.15) is 44.6 Å². The summed E-state index contributed by atoms with van der Waals surface area (Å²) < 4.78 is 26.1. The summed E-state index contributed by atoms with van der Waals surface area (Å²) in [4.78, 5) is 24.6. The van der Waals surface area contributed by atoms with E-state index in [1.54, 1.807) is 18.3 Å². The first-order chi connectivity index (χ1) is 14.4. The van der Waals surface area contributed by atoms with Crippen LogP contribution in [0.5, 0.6) is 0 Å². The highest BCUT2D eigenvalue weighted by molar-refractivity contribution is 7.89. The molecule has 158 valence electrons. The lowest BCUT2D eigenvalue weighted by atomic mass is 10.0. The second-order valence-corrected chi connectivity index (χ2v) is 10.4. The Balaban J connectivity index is 1.45. The van der Waals surface area contributed by atoms with Gasteiger partial charge in [-0.2, -0.15) is 4.98 Å². The van der Waals surface area contributed by atoms with Gasteiger partial charge in [0.05, 0.1) is 10.3 Å². The van der Waals surface area contributed by atoms with Gasteiger partial charge in [-0.1, -0.05) is 13.3 Å². The van der Waals surface area contributed by atoms with Gasteiger partial charge in [0.2, 0.25) is 21.9 Å². The molecule has 8 nitrogen and oxygen atoms in total. The maximum atomic E-state index is 13.3. The fourth-order valence-corrected chi connectivity index (χ4v) is 5.52. The molecule has 0 bridgehead atoms. The number of rotatable bonds is 5. The van der Waals surface area contributed by atoms with E-state index in [1.807, 2.05) is 4.90 Å². The molecule has 2 aliphatic carbocycles. The Labute approximate surface area is 176 Å². The minimum absolute atomic E-state index is 0.185. The smallest absolute Gasteiger partial charge is 0.240 e. The lowest BCUT2D eigenvalue weighted by molar-refractivity contribution is -0.120. The summed E-state index contributed by atoms with van der Waals surface area (Å²) in [6.07, 6.45) is 6.80. The van der Waals surface area contributed by atoms with E-state index in [9.17, 15) is 13.2 Å². The molecule has 9 heteroatoms. The van der Waals surface area contributed by atoms with E-state index in [2.05, 4.69) is 21.9 Å². The van der Waals surface area contributed by atoms with Crippen LogP contribution >= 0.6 is 0 Å². The molecule has 30 heavy (non-hydrogen) atoms. The highest BCUT2D eigenvalue weighted by Crippen LogP contribution is 2.58. The van der Waals surface area contributed by atoms with Crippen molar-refractivity contribution in [2.24, 2.45) is 5.92 Å². The maximum Gasteiger partial charge on any atom is 0.240 e. The summed E-state index contributed by atoms with van der Waals surface area (Å²) in [5, 5.41) is 3.14. The number of carbonyl (C=O) groups excluding carboxylic acids is 1. The van der Waals surface area contributed by atoms with Crippen molar-refractivity contribution >= 4 is 33.4 Å². The minimum Gasteiger partial charge on any atom is -0.324 e. The highest BCUT2D eigenvalue weighted by atomic mass is 32.2. The van der Waals surface area contributed by atoms with Crippen LogP contribution in [0.25, 0.3) is 0 Å². The lowest BCUT2D eigenvalue weighted by Crippen LogP contribution is -2.42. The molecular weight excluding hydrogens is 402 g/mol. The molecule has 0 radical (unpaired) electrons. The zero-order valence-corrected chi connectivity index (χ0v) is 17.9. The summed E-state index contributed by atoms with van der Waals surface area (Å²) in [7, 11) is -2.10. The predicted octanol–water partition coefficient (Wildman–Crippen LogP) is 2.70. The average Bonchev–Trinajstić information content (AvgIpc) is 3.39. The van der Waals surface area contributed by atoms with Crippen LogP contribution in [-0.4, -0.2) is 37.4 Å². The molecule has 5 rings (SSSR count). The minimum atomic E-state index is -3.48. The van der Waals surface area contributed by atoms with Crippen LogP contribution in [0, 0.1) is 5.92 Å². The molecule has 1 aliphatic heterocycles. The van der Waals surface area contributed by atoms with Gasteiger partial charge in [-0.15, -0.1) is 0 Å². The first-order valence-electron chi connectivity index (χ1n) is 10.4. The Morgan fingerprint density at radius 3 is 2.50 bits per heavy atom. The second kappa shape index (κ2) is 6.75. The van der Waals surface area contributed by atoms with Gasteiger partial charge in [-0.05, 0) is 62.9 Å². The number of benzene rings is 1. The molecule has 1 aromatic heterocycles. The molecule has 2 aromatic rings. The van der Waals surface area contributed by atoms with Crippen LogP contribution in [0.2, 0.25) is 0 Å². The third kappa shape index (κ3) is 2.91. The summed E-state index contributed by atoms with van der Waals surface area (Å²) in [5.41, 5.74) is 1.23. The third-order valence-corrected chi connectivity index (χ3v) is 8.16. The van der Waals surface area contributed by atoms with E-state index in [-0.39, 0.29) is 16.8 Å². The highest BCUT2D eigenvalue weighted by Gasteiger charge is 2.61. The summed E-state index contributed by atoms with van der Waals surface area (Å²) >= 11 is 0. The van der Waals surface area contributed by atoms with E-state index in [4.69, 9.17) is 4.98 Å². The van der Waals surface area contributed by atoms with Gasteiger partial charge in [-0.25, -0.2) is 18.1 Å². The van der Waals surface area contributed by atoms with Gasteiger partial charge in [-0.3, -0.25) is 9.69 Å². The number of carbonyl (C=O) groups is 1. The summed E-state index contributed by atoms with van der Waals surface area (Å²) in [6, 6.07) is 6.59. The van der Waals surface area contributed by atoms with Crippen molar-refractivity contribution in [3.05, 3.63) is 36.0 Å². The Morgan fingerprint density at radius 2 is 1.90 bits per heavy atom. The predicted molar refractivity (Wildman–Crippen MR) is 113 cm³/mol. The van der Waals surface area contributed by atoms with Crippen molar-refractivity contribution in [3.63, 3.8) is 0 Å². The average molecular weight is 428 g/mol. The number of amides is 1. The summed E-state index contributed by atoms with van der Waals surface area (Å²) in [5.74, 6) is 1.79. The number of sulfonamides is 1. The van der Waals surface area contributed by atoms with Gasteiger partial charge >= 0.3 is 0 Å². The van der Waals surface area contributed by atoms with Crippen molar-refractivity contribution in [1.29, 1.82) is 0 Å². The van der Waals surface area contributed by atoms with Gasteiger partial charge in [0, 0.05) is 23.5 Å². The Hall–Kier alpha value is -2.52. The first-order valence-corrected chi connectivity index (χ1v) is 11.9.